The summed E-state index contributed by atoms with van der Waals surface area (Å²) in [5, 5.41) is 9.24. The number of aryl methyl sites for hydroxylation is 2. The predicted octanol–water partition coefficient (Wildman–Crippen LogP) is 4.31. The minimum Gasteiger partial charge on any atom is -0.481 e. The van der Waals surface area contributed by atoms with Crippen LogP contribution in [0.1, 0.15) is 67.6 Å². The average Bonchev–Trinajstić information content (AvgIpc) is 2.98. The maximum Gasteiger partial charge on any atom is 0.303 e. The summed E-state index contributed by atoms with van der Waals surface area (Å²) in [5.41, 5.74) is 4.24. The lowest BCUT2D eigenvalue weighted by atomic mass is 9.80. The zero-order valence-corrected chi connectivity index (χ0v) is 12.1. The highest BCUT2D eigenvalue weighted by Gasteiger charge is 2.28. The van der Waals surface area contributed by atoms with Crippen molar-refractivity contribution in [2.45, 2.75) is 63.7 Å². The van der Waals surface area contributed by atoms with Crippen molar-refractivity contribution in [2.24, 2.45) is 5.92 Å². The van der Waals surface area contributed by atoms with Crippen molar-refractivity contribution in [1.82, 2.24) is 0 Å². The highest BCUT2D eigenvalue weighted by Crippen LogP contribution is 2.40. The highest BCUT2D eigenvalue weighted by molar-refractivity contribution is 5.68. The number of hydrogen-bond donors (Lipinski definition) is 1. The second kappa shape index (κ2) is 5.99. The summed E-state index contributed by atoms with van der Waals surface area (Å²) in [7, 11) is 0. The molecule has 2 heteroatoms. The zero-order chi connectivity index (χ0) is 13.9. The number of fused-ring (bicyclic) bond motifs is 1. The molecular weight excluding hydrogens is 248 g/mol. The summed E-state index contributed by atoms with van der Waals surface area (Å²) in [6.45, 7) is 0. The van der Waals surface area contributed by atoms with Crippen molar-refractivity contribution >= 4 is 5.97 Å². The van der Waals surface area contributed by atoms with Gasteiger partial charge in [-0.2, -0.15) is 0 Å². The lowest BCUT2D eigenvalue weighted by Crippen LogP contribution is -2.15. The van der Waals surface area contributed by atoms with Crippen molar-refractivity contribution in [3.8, 4) is 0 Å². The number of hydrogen-bond acceptors (Lipinski definition) is 1. The molecule has 2 nitrogen and oxygen atoms in total. The second-order valence-corrected chi connectivity index (χ2v) is 6.48. The van der Waals surface area contributed by atoms with Gasteiger partial charge in [0, 0.05) is 0 Å². The van der Waals surface area contributed by atoms with Crippen LogP contribution >= 0.6 is 0 Å². The average molecular weight is 272 g/mol. The highest BCUT2D eigenvalue weighted by atomic mass is 16.4. The summed E-state index contributed by atoms with van der Waals surface area (Å²) in [5.74, 6) is 0.148. The fourth-order valence-electron chi connectivity index (χ4n) is 4.09. The molecule has 1 aromatic carbocycles. The van der Waals surface area contributed by atoms with Crippen LogP contribution in [-0.4, -0.2) is 11.1 Å². The smallest absolute Gasteiger partial charge is 0.303 e. The topological polar surface area (TPSA) is 37.3 Å². The number of aliphatic carboxylic acids is 1. The number of carboxylic acid groups (broad SMARTS) is 1. The van der Waals surface area contributed by atoms with Crippen LogP contribution in [0.4, 0.5) is 0 Å². The van der Waals surface area contributed by atoms with Crippen LogP contribution in [-0.2, 0) is 17.6 Å². The minimum absolute atomic E-state index is 0.224. The summed E-state index contributed by atoms with van der Waals surface area (Å²) in [6, 6.07) is 6.78. The lowest BCUT2D eigenvalue weighted by Gasteiger charge is -2.25. The first-order chi connectivity index (χ1) is 9.74. The quantitative estimate of drug-likeness (QED) is 0.886. The van der Waals surface area contributed by atoms with Crippen LogP contribution in [0.15, 0.2) is 18.2 Å². The Hall–Kier alpha value is -1.31. The molecular formula is C18H24O2. The van der Waals surface area contributed by atoms with Crippen LogP contribution < -0.4 is 0 Å². The van der Waals surface area contributed by atoms with Gasteiger partial charge in [0.25, 0.3) is 0 Å². The van der Waals surface area contributed by atoms with E-state index in [1.54, 1.807) is 0 Å². The third-order valence-corrected chi connectivity index (χ3v) is 5.16. The van der Waals surface area contributed by atoms with Gasteiger partial charge in [0.05, 0.1) is 6.42 Å². The molecule has 1 N–H and O–H groups in total. The van der Waals surface area contributed by atoms with Gasteiger partial charge in [-0.05, 0) is 67.1 Å². The molecule has 1 aromatic rings. The second-order valence-electron chi connectivity index (χ2n) is 6.48. The standard InChI is InChI=1S/C18H24O2/c19-18(20)12-17(14-6-2-3-7-14)16-10-9-13-5-1-4-8-15(13)11-16/h9-11,14,17H,1-8,12H2,(H,19,20). The molecule has 0 aliphatic heterocycles. The monoisotopic (exact) mass is 272 g/mol. The Bertz CT molecular complexity index is 486. The Morgan fingerprint density at radius 1 is 1.10 bits per heavy atom. The first-order valence-electron chi connectivity index (χ1n) is 8.07. The Labute approximate surface area is 121 Å². The SMILES string of the molecule is O=C(O)CC(c1ccc2c(c1)CCCC2)C1CCCC1. The van der Waals surface area contributed by atoms with E-state index < -0.39 is 5.97 Å². The minimum atomic E-state index is -0.653. The van der Waals surface area contributed by atoms with Crippen molar-refractivity contribution < 1.29 is 9.90 Å². The van der Waals surface area contributed by atoms with Gasteiger partial charge in [0.2, 0.25) is 0 Å². The molecule has 0 saturated heterocycles. The molecule has 1 unspecified atom stereocenters. The predicted molar refractivity (Wildman–Crippen MR) is 80.0 cm³/mol. The summed E-state index contributed by atoms with van der Waals surface area (Å²) >= 11 is 0. The van der Waals surface area contributed by atoms with Gasteiger partial charge in [-0.1, -0.05) is 31.0 Å². The molecule has 2 aliphatic rings. The fraction of sp³-hybridized carbons (Fsp3) is 0.611. The zero-order valence-electron chi connectivity index (χ0n) is 12.1. The van der Waals surface area contributed by atoms with E-state index in [-0.39, 0.29) is 5.92 Å². The van der Waals surface area contributed by atoms with Gasteiger partial charge in [0.15, 0.2) is 0 Å². The fourth-order valence-corrected chi connectivity index (χ4v) is 4.09. The molecule has 1 saturated carbocycles. The van der Waals surface area contributed by atoms with Gasteiger partial charge in [0.1, 0.15) is 0 Å². The van der Waals surface area contributed by atoms with Gasteiger partial charge in [-0.3, -0.25) is 4.79 Å². The van der Waals surface area contributed by atoms with Crippen molar-refractivity contribution in [2.75, 3.05) is 0 Å². The molecule has 1 fully saturated rings. The largest absolute Gasteiger partial charge is 0.481 e. The molecule has 1 atom stereocenters. The Kier molecular flexibility index (Phi) is 4.09. The maximum atomic E-state index is 11.2. The first-order valence-corrected chi connectivity index (χ1v) is 8.07. The summed E-state index contributed by atoms with van der Waals surface area (Å²) in [6.07, 6.45) is 10.2. The van der Waals surface area contributed by atoms with E-state index in [1.165, 1.54) is 68.1 Å². The van der Waals surface area contributed by atoms with Gasteiger partial charge in [-0.25, -0.2) is 0 Å². The van der Waals surface area contributed by atoms with Gasteiger partial charge in [-0.15, -0.1) is 0 Å². The molecule has 20 heavy (non-hydrogen) atoms. The van der Waals surface area contributed by atoms with E-state index in [9.17, 15) is 9.90 Å². The molecule has 108 valence electrons. The van der Waals surface area contributed by atoms with Gasteiger partial charge < -0.3 is 5.11 Å². The van der Waals surface area contributed by atoms with Crippen LogP contribution in [0, 0.1) is 5.92 Å². The number of rotatable bonds is 4. The molecule has 0 amide bonds. The number of carboxylic acids is 1. The molecule has 0 radical (unpaired) electrons. The van der Waals surface area contributed by atoms with E-state index in [0.29, 0.717) is 12.3 Å². The molecule has 0 spiro atoms. The van der Waals surface area contributed by atoms with E-state index in [0.717, 1.165) is 0 Å². The van der Waals surface area contributed by atoms with Crippen LogP contribution in [0.5, 0.6) is 0 Å². The van der Waals surface area contributed by atoms with Crippen LogP contribution in [0.25, 0.3) is 0 Å². The third kappa shape index (κ3) is 2.89. The Morgan fingerprint density at radius 2 is 1.80 bits per heavy atom. The number of benzene rings is 1. The molecule has 3 rings (SSSR count). The third-order valence-electron chi connectivity index (χ3n) is 5.16. The maximum absolute atomic E-state index is 11.2. The first kappa shape index (κ1) is 13.7. The summed E-state index contributed by atoms with van der Waals surface area (Å²) in [4.78, 5) is 11.2. The normalized spacial score (nSPS) is 20.6. The van der Waals surface area contributed by atoms with E-state index in [2.05, 4.69) is 18.2 Å². The number of carbonyl (C=O) groups is 1. The van der Waals surface area contributed by atoms with E-state index >= 15 is 0 Å². The van der Waals surface area contributed by atoms with E-state index in [4.69, 9.17) is 0 Å². The van der Waals surface area contributed by atoms with Crippen LogP contribution in [0.2, 0.25) is 0 Å². The Balaban J connectivity index is 1.87. The van der Waals surface area contributed by atoms with Gasteiger partial charge >= 0.3 is 5.97 Å². The lowest BCUT2D eigenvalue weighted by molar-refractivity contribution is -0.137. The van der Waals surface area contributed by atoms with Crippen LogP contribution in [0.3, 0.4) is 0 Å². The van der Waals surface area contributed by atoms with Crippen molar-refractivity contribution in [3.05, 3.63) is 34.9 Å². The molecule has 0 aromatic heterocycles. The molecule has 2 aliphatic carbocycles. The Morgan fingerprint density at radius 3 is 2.50 bits per heavy atom. The molecule has 0 heterocycles. The van der Waals surface area contributed by atoms with Crippen molar-refractivity contribution in [3.63, 3.8) is 0 Å². The molecule has 0 bridgehead atoms. The van der Waals surface area contributed by atoms with E-state index in [1.807, 2.05) is 0 Å². The summed E-state index contributed by atoms with van der Waals surface area (Å²) < 4.78 is 0. The van der Waals surface area contributed by atoms with Crippen molar-refractivity contribution in [1.29, 1.82) is 0 Å².